The second kappa shape index (κ2) is 8.00. The number of hydrogen-bond donors (Lipinski definition) is 0. The highest BCUT2D eigenvalue weighted by atomic mass is 16.5. The number of benzene rings is 1. The summed E-state index contributed by atoms with van der Waals surface area (Å²) in [5.74, 6) is 0.759. The second-order valence-electron chi connectivity index (χ2n) is 7.03. The minimum Gasteiger partial charge on any atom is -0.374 e. The fourth-order valence-electron chi connectivity index (χ4n) is 3.40. The van der Waals surface area contributed by atoms with Gasteiger partial charge >= 0.3 is 0 Å². The van der Waals surface area contributed by atoms with E-state index in [1.54, 1.807) is 11.8 Å². The fraction of sp³-hybridized carbons (Fsp3) is 0.500. The first kappa shape index (κ1) is 19.2. The van der Waals surface area contributed by atoms with Gasteiger partial charge in [-0.05, 0) is 39.3 Å². The maximum Gasteiger partial charge on any atom is 0.252 e. The SMILES string of the molecule is Cc1ccc(C)c(C(=O)CCC(=O)N2CCO[C@H](C)[C@H]2c2nc(C)no2)c1. The van der Waals surface area contributed by atoms with Crippen LogP contribution in [0.3, 0.4) is 0 Å². The first-order chi connectivity index (χ1) is 12.9. The summed E-state index contributed by atoms with van der Waals surface area (Å²) in [5.41, 5.74) is 2.64. The van der Waals surface area contributed by atoms with Crippen LogP contribution in [0.1, 0.15) is 59.0 Å². The van der Waals surface area contributed by atoms with Gasteiger partial charge in [-0.15, -0.1) is 0 Å². The van der Waals surface area contributed by atoms with Gasteiger partial charge in [-0.25, -0.2) is 0 Å². The number of carbonyl (C=O) groups excluding carboxylic acids is 2. The molecule has 1 aromatic heterocycles. The van der Waals surface area contributed by atoms with E-state index in [1.807, 2.05) is 39.0 Å². The Kier molecular flexibility index (Phi) is 5.70. The molecule has 0 aliphatic carbocycles. The van der Waals surface area contributed by atoms with Gasteiger partial charge in [0.15, 0.2) is 11.6 Å². The van der Waals surface area contributed by atoms with Crippen molar-refractivity contribution < 1.29 is 18.8 Å². The molecule has 0 radical (unpaired) electrons. The monoisotopic (exact) mass is 371 g/mol. The molecule has 1 aliphatic rings. The lowest BCUT2D eigenvalue weighted by atomic mass is 9.98. The minimum atomic E-state index is -0.428. The molecule has 0 bridgehead atoms. The van der Waals surface area contributed by atoms with E-state index < -0.39 is 6.04 Å². The Labute approximate surface area is 158 Å². The van der Waals surface area contributed by atoms with Gasteiger partial charge in [0.1, 0.15) is 6.04 Å². The van der Waals surface area contributed by atoms with Crippen LogP contribution in [-0.4, -0.2) is 46.0 Å². The van der Waals surface area contributed by atoms with Gasteiger partial charge in [-0.3, -0.25) is 9.59 Å². The molecular formula is C20H25N3O4. The number of carbonyl (C=O) groups is 2. The number of Topliss-reactive ketones (excluding diaryl/α,β-unsaturated/α-hetero) is 1. The van der Waals surface area contributed by atoms with Crippen molar-refractivity contribution in [2.24, 2.45) is 0 Å². The second-order valence-corrected chi connectivity index (χ2v) is 7.03. The number of hydrogen-bond acceptors (Lipinski definition) is 6. The van der Waals surface area contributed by atoms with Crippen molar-refractivity contribution in [3.05, 3.63) is 46.6 Å². The molecular weight excluding hydrogens is 346 g/mol. The van der Waals surface area contributed by atoms with Crippen LogP contribution in [0.15, 0.2) is 22.7 Å². The zero-order chi connectivity index (χ0) is 19.6. The third kappa shape index (κ3) is 4.24. The van der Waals surface area contributed by atoms with Crippen LogP contribution in [-0.2, 0) is 9.53 Å². The third-order valence-corrected chi connectivity index (χ3v) is 4.87. The summed E-state index contributed by atoms with van der Waals surface area (Å²) in [6, 6.07) is 5.36. The largest absolute Gasteiger partial charge is 0.374 e. The third-order valence-electron chi connectivity index (χ3n) is 4.87. The molecule has 7 heteroatoms. The molecule has 144 valence electrons. The number of ketones is 1. The molecule has 27 heavy (non-hydrogen) atoms. The van der Waals surface area contributed by atoms with E-state index in [0.717, 1.165) is 11.1 Å². The summed E-state index contributed by atoms with van der Waals surface area (Å²) in [6.07, 6.45) is 0.0600. The zero-order valence-corrected chi connectivity index (χ0v) is 16.2. The Hall–Kier alpha value is -2.54. The summed E-state index contributed by atoms with van der Waals surface area (Å²) in [7, 11) is 0. The van der Waals surface area contributed by atoms with Gasteiger partial charge < -0.3 is 14.2 Å². The van der Waals surface area contributed by atoms with Gasteiger partial charge in [-0.1, -0.05) is 22.9 Å². The number of amides is 1. The Morgan fingerprint density at radius 2 is 2.00 bits per heavy atom. The van der Waals surface area contributed by atoms with Crippen LogP contribution in [0, 0.1) is 20.8 Å². The molecule has 0 spiro atoms. The first-order valence-corrected chi connectivity index (χ1v) is 9.18. The molecule has 0 N–H and O–H groups in total. The van der Waals surface area contributed by atoms with Gasteiger partial charge in [0, 0.05) is 24.9 Å². The summed E-state index contributed by atoms with van der Waals surface area (Å²) in [5, 5.41) is 3.82. The highest BCUT2D eigenvalue weighted by molar-refractivity contribution is 5.99. The van der Waals surface area contributed by atoms with Crippen LogP contribution < -0.4 is 0 Å². The highest BCUT2D eigenvalue weighted by Gasteiger charge is 2.37. The molecule has 3 rings (SSSR count). The highest BCUT2D eigenvalue weighted by Crippen LogP contribution is 2.29. The van der Waals surface area contributed by atoms with Gasteiger partial charge in [-0.2, -0.15) is 4.98 Å². The normalized spacial score (nSPS) is 19.9. The summed E-state index contributed by atoms with van der Waals surface area (Å²) in [6.45, 7) is 8.36. The average molecular weight is 371 g/mol. The maximum atomic E-state index is 12.9. The van der Waals surface area contributed by atoms with Crippen molar-refractivity contribution in [2.45, 2.75) is 52.7 Å². The van der Waals surface area contributed by atoms with E-state index in [9.17, 15) is 9.59 Å². The molecule has 1 fully saturated rings. The number of rotatable bonds is 5. The first-order valence-electron chi connectivity index (χ1n) is 9.18. The van der Waals surface area contributed by atoms with Crippen molar-refractivity contribution in [2.75, 3.05) is 13.2 Å². The van der Waals surface area contributed by atoms with Crippen molar-refractivity contribution in [1.82, 2.24) is 15.0 Å². The molecule has 7 nitrogen and oxygen atoms in total. The number of ether oxygens (including phenoxy) is 1. The molecule has 1 aliphatic heterocycles. The lowest BCUT2D eigenvalue weighted by Crippen LogP contribution is -2.47. The summed E-state index contributed by atoms with van der Waals surface area (Å²) in [4.78, 5) is 31.4. The Morgan fingerprint density at radius 3 is 2.70 bits per heavy atom. The van der Waals surface area contributed by atoms with Crippen molar-refractivity contribution >= 4 is 11.7 Å². The lowest BCUT2D eigenvalue weighted by molar-refractivity contribution is -0.147. The van der Waals surface area contributed by atoms with E-state index in [2.05, 4.69) is 10.1 Å². The quantitative estimate of drug-likeness (QED) is 0.751. The van der Waals surface area contributed by atoms with E-state index >= 15 is 0 Å². The molecule has 2 aromatic rings. The molecule has 0 saturated carbocycles. The Bertz CT molecular complexity index is 846. The predicted molar refractivity (Wildman–Crippen MR) is 98.4 cm³/mol. The average Bonchev–Trinajstić information content (AvgIpc) is 3.07. The van der Waals surface area contributed by atoms with E-state index in [-0.39, 0.29) is 30.6 Å². The van der Waals surface area contributed by atoms with Crippen LogP contribution in [0.4, 0.5) is 0 Å². The smallest absolute Gasteiger partial charge is 0.252 e. The standard InChI is InChI=1S/C20H25N3O4/c1-12-5-6-13(2)16(11-12)17(24)7-8-18(25)23-9-10-26-14(3)19(23)20-21-15(4)22-27-20/h5-6,11,14,19H,7-10H2,1-4H3/t14-,19+/m1/s1. The van der Waals surface area contributed by atoms with Crippen molar-refractivity contribution in [3.63, 3.8) is 0 Å². The lowest BCUT2D eigenvalue weighted by Gasteiger charge is -2.37. The molecule has 2 atom stereocenters. The fourth-order valence-corrected chi connectivity index (χ4v) is 3.40. The minimum absolute atomic E-state index is 0.0176. The maximum absolute atomic E-state index is 12.9. The summed E-state index contributed by atoms with van der Waals surface area (Å²) < 4.78 is 10.9. The topological polar surface area (TPSA) is 85.5 Å². The number of morpholine rings is 1. The van der Waals surface area contributed by atoms with E-state index in [0.29, 0.717) is 30.4 Å². The molecule has 1 amide bonds. The van der Waals surface area contributed by atoms with Crippen molar-refractivity contribution in [1.29, 1.82) is 0 Å². The van der Waals surface area contributed by atoms with Crippen LogP contribution in [0.2, 0.25) is 0 Å². The molecule has 1 aromatic carbocycles. The molecule has 0 unspecified atom stereocenters. The predicted octanol–water partition coefficient (Wildman–Crippen LogP) is 2.95. The number of aromatic nitrogens is 2. The van der Waals surface area contributed by atoms with E-state index in [1.165, 1.54) is 0 Å². The van der Waals surface area contributed by atoms with Gasteiger partial charge in [0.25, 0.3) is 5.89 Å². The van der Waals surface area contributed by atoms with E-state index in [4.69, 9.17) is 9.26 Å². The van der Waals surface area contributed by atoms with Crippen LogP contribution in [0.5, 0.6) is 0 Å². The van der Waals surface area contributed by atoms with Crippen LogP contribution >= 0.6 is 0 Å². The Balaban J connectivity index is 1.70. The molecule has 1 saturated heterocycles. The zero-order valence-electron chi connectivity index (χ0n) is 16.2. The van der Waals surface area contributed by atoms with Gasteiger partial charge in [0.2, 0.25) is 5.91 Å². The molecule has 2 heterocycles. The van der Waals surface area contributed by atoms with Crippen molar-refractivity contribution in [3.8, 4) is 0 Å². The van der Waals surface area contributed by atoms with Gasteiger partial charge in [0.05, 0.1) is 12.7 Å². The number of aryl methyl sites for hydroxylation is 3. The Morgan fingerprint density at radius 1 is 1.22 bits per heavy atom. The summed E-state index contributed by atoms with van der Waals surface area (Å²) >= 11 is 0. The number of nitrogens with zero attached hydrogens (tertiary/aromatic N) is 3. The van der Waals surface area contributed by atoms with Crippen LogP contribution in [0.25, 0.3) is 0 Å².